The Morgan fingerprint density at radius 2 is 1.88 bits per heavy atom. The van der Waals surface area contributed by atoms with Gasteiger partial charge in [-0.15, -0.1) is 0 Å². The number of carbonyl (C=O) groups is 2. The number of ether oxygens (including phenoxy) is 1. The predicted molar refractivity (Wildman–Crippen MR) is 90.3 cm³/mol. The van der Waals surface area contributed by atoms with Crippen LogP contribution >= 0.6 is 0 Å². The molecule has 0 saturated heterocycles. The van der Waals surface area contributed by atoms with Crippen molar-refractivity contribution in [3.63, 3.8) is 0 Å². The highest BCUT2D eigenvalue weighted by atomic mass is 16.5. The Morgan fingerprint density at radius 3 is 2.46 bits per heavy atom. The summed E-state index contributed by atoms with van der Waals surface area (Å²) >= 11 is 0. The second-order valence-corrected chi connectivity index (χ2v) is 5.30. The van der Waals surface area contributed by atoms with Gasteiger partial charge in [-0.2, -0.15) is 5.26 Å². The third kappa shape index (κ3) is 4.11. The summed E-state index contributed by atoms with van der Waals surface area (Å²) in [6.45, 7) is 3.31. The zero-order valence-electron chi connectivity index (χ0n) is 13.4. The lowest BCUT2D eigenvalue weighted by molar-refractivity contribution is -0.123. The van der Waals surface area contributed by atoms with E-state index in [-0.39, 0.29) is 5.56 Å². The first kappa shape index (κ1) is 17.0. The van der Waals surface area contributed by atoms with Crippen LogP contribution in [0.25, 0.3) is 0 Å². The van der Waals surface area contributed by atoms with Gasteiger partial charge in [0.05, 0.1) is 17.2 Å². The number of nitriles is 1. The maximum Gasteiger partial charge on any atom is 0.338 e. The maximum atomic E-state index is 12.1. The summed E-state index contributed by atoms with van der Waals surface area (Å²) in [5.74, 6) is -1.09. The van der Waals surface area contributed by atoms with Gasteiger partial charge in [-0.3, -0.25) is 4.79 Å². The van der Waals surface area contributed by atoms with Crippen LogP contribution in [0, 0.1) is 18.3 Å². The first-order valence-electron chi connectivity index (χ1n) is 7.29. The number of nitrogen functional groups attached to an aromatic ring is 1. The lowest BCUT2D eigenvalue weighted by Crippen LogP contribution is -2.30. The SMILES string of the molecule is Cc1ccc(C(=O)OC(C)C(=O)Nc2ccc(C#N)cc2)cc1N. The van der Waals surface area contributed by atoms with Crippen LogP contribution in [-0.4, -0.2) is 18.0 Å². The summed E-state index contributed by atoms with van der Waals surface area (Å²) in [5, 5.41) is 11.4. The Hall–Kier alpha value is -3.33. The highest BCUT2D eigenvalue weighted by Gasteiger charge is 2.19. The van der Waals surface area contributed by atoms with Gasteiger partial charge < -0.3 is 15.8 Å². The van der Waals surface area contributed by atoms with E-state index >= 15 is 0 Å². The van der Waals surface area contributed by atoms with Gasteiger partial charge in [0.1, 0.15) is 0 Å². The molecule has 2 aromatic carbocycles. The molecule has 122 valence electrons. The van der Waals surface area contributed by atoms with Crippen LogP contribution in [0.5, 0.6) is 0 Å². The van der Waals surface area contributed by atoms with Crippen LogP contribution in [0.4, 0.5) is 11.4 Å². The molecule has 0 radical (unpaired) electrons. The van der Waals surface area contributed by atoms with Crippen LogP contribution in [-0.2, 0) is 9.53 Å². The van der Waals surface area contributed by atoms with Gasteiger partial charge in [-0.25, -0.2) is 4.79 Å². The zero-order valence-corrected chi connectivity index (χ0v) is 13.4. The van der Waals surface area contributed by atoms with E-state index in [1.54, 1.807) is 36.4 Å². The lowest BCUT2D eigenvalue weighted by Gasteiger charge is -2.14. The molecule has 2 aromatic rings. The maximum absolute atomic E-state index is 12.1. The molecule has 1 atom stereocenters. The minimum Gasteiger partial charge on any atom is -0.449 e. The number of carbonyl (C=O) groups excluding carboxylic acids is 2. The normalized spacial score (nSPS) is 11.2. The van der Waals surface area contributed by atoms with Gasteiger partial charge in [0.2, 0.25) is 0 Å². The fourth-order valence-electron chi connectivity index (χ4n) is 1.92. The van der Waals surface area contributed by atoms with E-state index in [0.717, 1.165) is 5.56 Å². The van der Waals surface area contributed by atoms with Gasteiger partial charge in [0.25, 0.3) is 5.91 Å². The van der Waals surface area contributed by atoms with Crippen molar-refractivity contribution in [2.24, 2.45) is 0 Å². The Labute approximate surface area is 139 Å². The standard InChI is InChI=1S/C18H17N3O3/c1-11-3-6-14(9-16(11)20)18(23)24-12(2)17(22)21-15-7-4-13(10-19)5-8-15/h3-9,12H,20H2,1-2H3,(H,21,22). The molecular formula is C18H17N3O3. The molecule has 0 aliphatic rings. The smallest absolute Gasteiger partial charge is 0.338 e. The average molecular weight is 323 g/mol. The van der Waals surface area contributed by atoms with E-state index < -0.39 is 18.0 Å². The summed E-state index contributed by atoms with van der Waals surface area (Å²) in [6, 6.07) is 13.2. The van der Waals surface area contributed by atoms with Crippen molar-refractivity contribution in [3.8, 4) is 6.07 Å². The number of nitrogens with zero attached hydrogens (tertiary/aromatic N) is 1. The van der Waals surface area contributed by atoms with Crippen molar-refractivity contribution in [2.75, 3.05) is 11.1 Å². The molecule has 0 heterocycles. The fourth-order valence-corrected chi connectivity index (χ4v) is 1.92. The molecule has 2 rings (SSSR count). The summed E-state index contributed by atoms with van der Waals surface area (Å²) in [5.41, 5.74) is 8.40. The molecule has 0 fully saturated rings. The van der Waals surface area contributed by atoms with Crippen LogP contribution in [0.1, 0.15) is 28.4 Å². The van der Waals surface area contributed by atoms with Crippen molar-refractivity contribution in [1.29, 1.82) is 5.26 Å². The first-order chi connectivity index (χ1) is 11.4. The first-order valence-corrected chi connectivity index (χ1v) is 7.29. The van der Waals surface area contributed by atoms with E-state index in [4.69, 9.17) is 15.7 Å². The summed E-state index contributed by atoms with van der Waals surface area (Å²) in [4.78, 5) is 24.1. The molecule has 1 unspecified atom stereocenters. The highest BCUT2D eigenvalue weighted by Crippen LogP contribution is 2.15. The van der Waals surface area contributed by atoms with Crippen molar-refractivity contribution >= 4 is 23.3 Å². The molecule has 0 aliphatic carbocycles. The van der Waals surface area contributed by atoms with E-state index in [1.807, 2.05) is 13.0 Å². The van der Waals surface area contributed by atoms with Crippen molar-refractivity contribution < 1.29 is 14.3 Å². The molecule has 6 heteroatoms. The Kier molecular flexibility index (Phi) is 5.17. The third-order valence-corrected chi connectivity index (χ3v) is 3.45. The van der Waals surface area contributed by atoms with E-state index in [2.05, 4.69) is 5.32 Å². The van der Waals surface area contributed by atoms with Crippen LogP contribution in [0.3, 0.4) is 0 Å². The second-order valence-electron chi connectivity index (χ2n) is 5.30. The average Bonchev–Trinajstić information content (AvgIpc) is 2.57. The molecular weight excluding hydrogens is 306 g/mol. The molecule has 6 nitrogen and oxygen atoms in total. The third-order valence-electron chi connectivity index (χ3n) is 3.45. The number of anilines is 2. The number of benzene rings is 2. The Balaban J connectivity index is 1.98. The van der Waals surface area contributed by atoms with E-state index in [9.17, 15) is 9.59 Å². The monoisotopic (exact) mass is 323 g/mol. The van der Waals surface area contributed by atoms with Gasteiger partial charge in [-0.1, -0.05) is 6.07 Å². The predicted octanol–water partition coefficient (Wildman–Crippen LogP) is 2.63. The summed E-state index contributed by atoms with van der Waals surface area (Å²) in [7, 11) is 0. The number of esters is 1. The minimum absolute atomic E-state index is 0.288. The molecule has 0 aromatic heterocycles. The fraction of sp³-hybridized carbons (Fsp3) is 0.167. The largest absolute Gasteiger partial charge is 0.449 e. The number of rotatable bonds is 4. The minimum atomic E-state index is -0.976. The van der Waals surface area contributed by atoms with Gasteiger partial charge in [-0.05, 0) is 55.8 Å². The summed E-state index contributed by atoms with van der Waals surface area (Å²) < 4.78 is 5.15. The van der Waals surface area contributed by atoms with Crippen molar-refractivity contribution in [2.45, 2.75) is 20.0 Å². The number of nitrogens with one attached hydrogen (secondary N) is 1. The van der Waals surface area contributed by atoms with Crippen molar-refractivity contribution in [3.05, 3.63) is 59.2 Å². The lowest BCUT2D eigenvalue weighted by atomic mass is 10.1. The van der Waals surface area contributed by atoms with E-state index in [1.165, 1.54) is 13.0 Å². The van der Waals surface area contributed by atoms with Crippen molar-refractivity contribution in [1.82, 2.24) is 0 Å². The summed E-state index contributed by atoms with van der Waals surface area (Å²) in [6.07, 6.45) is -0.976. The number of nitrogens with two attached hydrogens (primary N) is 1. The van der Waals surface area contributed by atoms with Crippen LogP contribution in [0.2, 0.25) is 0 Å². The molecule has 0 saturated carbocycles. The Morgan fingerprint density at radius 1 is 1.21 bits per heavy atom. The topological polar surface area (TPSA) is 105 Å². The van der Waals surface area contributed by atoms with Crippen LogP contribution < -0.4 is 11.1 Å². The molecule has 1 amide bonds. The molecule has 3 N–H and O–H groups in total. The van der Waals surface area contributed by atoms with Crippen LogP contribution in [0.15, 0.2) is 42.5 Å². The molecule has 0 bridgehead atoms. The highest BCUT2D eigenvalue weighted by molar-refractivity contribution is 5.97. The van der Waals surface area contributed by atoms with Gasteiger partial charge >= 0.3 is 5.97 Å². The molecule has 24 heavy (non-hydrogen) atoms. The van der Waals surface area contributed by atoms with Gasteiger partial charge in [0.15, 0.2) is 6.10 Å². The number of amides is 1. The van der Waals surface area contributed by atoms with Gasteiger partial charge in [0, 0.05) is 11.4 Å². The number of aryl methyl sites for hydroxylation is 1. The molecule has 0 aliphatic heterocycles. The second kappa shape index (κ2) is 7.29. The molecule has 0 spiro atoms. The van der Waals surface area contributed by atoms with E-state index in [0.29, 0.717) is 16.9 Å². The number of hydrogen-bond donors (Lipinski definition) is 2. The zero-order chi connectivity index (χ0) is 17.7. The quantitative estimate of drug-likeness (QED) is 0.664. The number of hydrogen-bond acceptors (Lipinski definition) is 5. The Bertz CT molecular complexity index is 807.